The number of anilines is 1. The number of rotatable bonds is 7. The molecule has 0 saturated heterocycles. The molecule has 0 atom stereocenters. The number of amides is 2. The third-order valence-corrected chi connectivity index (χ3v) is 3.37. The molecule has 24 heavy (non-hydrogen) atoms. The summed E-state index contributed by atoms with van der Waals surface area (Å²) in [6.07, 6.45) is 3.48. The highest BCUT2D eigenvalue weighted by Crippen LogP contribution is 2.16. The summed E-state index contributed by atoms with van der Waals surface area (Å²) in [5.74, 6) is -0.480. The molecule has 2 rings (SSSR count). The number of carbonyl (C=O) groups is 3. The second kappa shape index (κ2) is 8.57. The highest BCUT2D eigenvalue weighted by atomic mass is 16.2. The van der Waals surface area contributed by atoms with Gasteiger partial charge in [0.15, 0.2) is 0 Å². The quantitative estimate of drug-likeness (QED) is 0.818. The summed E-state index contributed by atoms with van der Waals surface area (Å²) < 4.78 is 0. The maximum atomic E-state index is 12.2. The van der Waals surface area contributed by atoms with E-state index in [0.29, 0.717) is 11.3 Å². The minimum atomic E-state index is -0.265. The van der Waals surface area contributed by atoms with Crippen LogP contribution in [-0.4, -0.2) is 22.6 Å². The molecule has 2 aromatic rings. The van der Waals surface area contributed by atoms with E-state index in [9.17, 15) is 14.4 Å². The molecule has 0 saturated carbocycles. The van der Waals surface area contributed by atoms with Crippen molar-refractivity contribution >= 4 is 23.3 Å². The Labute approximate surface area is 140 Å². The molecule has 0 radical (unpaired) electrons. The lowest BCUT2D eigenvalue weighted by atomic mass is 10.1. The molecule has 0 fully saturated rings. The van der Waals surface area contributed by atoms with E-state index in [1.54, 1.807) is 30.5 Å². The van der Waals surface area contributed by atoms with Crippen LogP contribution in [0, 0.1) is 0 Å². The van der Waals surface area contributed by atoms with Crippen molar-refractivity contribution in [2.24, 2.45) is 0 Å². The smallest absolute Gasteiger partial charge is 0.257 e. The molecule has 124 valence electrons. The fourth-order valence-electron chi connectivity index (χ4n) is 2.06. The van der Waals surface area contributed by atoms with Gasteiger partial charge in [0.2, 0.25) is 5.91 Å². The molecule has 0 aliphatic heterocycles. The van der Waals surface area contributed by atoms with Crippen LogP contribution in [0.1, 0.15) is 35.7 Å². The van der Waals surface area contributed by atoms with Gasteiger partial charge in [0.25, 0.3) is 5.91 Å². The normalized spacial score (nSPS) is 10.0. The number of hydrogen-bond donors (Lipinski definition) is 2. The van der Waals surface area contributed by atoms with Crippen LogP contribution in [0.5, 0.6) is 0 Å². The van der Waals surface area contributed by atoms with Crippen LogP contribution in [0.4, 0.5) is 5.69 Å². The number of benzene rings is 1. The molecule has 6 heteroatoms. The Balaban J connectivity index is 1.98. The third kappa shape index (κ3) is 5.31. The summed E-state index contributed by atoms with van der Waals surface area (Å²) in [5, 5.41) is 5.57. The van der Waals surface area contributed by atoms with E-state index in [1.807, 2.05) is 12.1 Å². The van der Waals surface area contributed by atoms with E-state index in [0.717, 1.165) is 5.56 Å². The molecule has 0 spiro atoms. The number of nitrogens with one attached hydrogen (secondary N) is 2. The number of pyridine rings is 1. The van der Waals surface area contributed by atoms with Crippen LogP contribution in [0.3, 0.4) is 0 Å². The van der Waals surface area contributed by atoms with E-state index in [1.165, 1.54) is 13.1 Å². The zero-order chi connectivity index (χ0) is 17.4. The Morgan fingerprint density at radius 3 is 2.54 bits per heavy atom. The minimum absolute atomic E-state index is 0.0192. The lowest BCUT2D eigenvalue weighted by Crippen LogP contribution is -2.24. The first-order valence-electron chi connectivity index (χ1n) is 7.61. The van der Waals surface area contributed by atoms with Crippen molar-refractivity contribution < 1.29 is 14.4 Å². The van der Waals surface area contributed by atoms with Gasteiger partial charge in [0, 0.05) is 37.5 Å². The molecule has 1 heterocycles. The van der Waals surface area contributed by atoms with Crippen LogP contribution in [-0.2, 0) is 16.1 Å². The number of para-hydroxylation sites is 1. The van der Waals surface area contributed by atoms with Gasteiger partial charge in [-0.05, 0) is 30.7 Å². The van der Waals surface area contributed by atoms with E-state index in [4.69, 9.17) is 0 Å². The molecule has 1 aromatic carbocycles. The molecule has 1 aromatic heterocycles. The van der Waals surface area contributed by atoms with Crippen molar-refractivity contribution in [1.29, 1.82) is 0 Å². The SMILES string of the molecule is CC(=O)CCC(=O)NCc1ccccc1NC(=O)c1cccnc1. The Hall–Kier alpha value is -3.02. The maximum absolute atomic E-state index is 12.2. The van der Waals surface area contributed by atoms with Crippen LogP contribution < -0.4 is 10.6 Å². The average Bonchev–Trinajstić information content (AvgIpc) is 2.60. The van der Waals surface area contributed by atoms with Gasteiger partial charge in [-0.25, -0.2) is 0 Å². The fourth-order valence-corrected chi connectivity index (χ4v) is 2.06. The van der Waals surface area contributed by atoms with Crippen molar-refractivity contribution in [3.8, 4) is 0 Å². The van der Waals surface area contributed by atoms with Crippen LogP contribution in [0.15, 0.2) is 48.8 Å². The monoisotopic (exact) mass is 325 g/mol. The van der Waals surface area contributed by atoms with Gasteiger partial charge >= 0.3 is 0 Å². The van der Waals surface area contributed by atoms with Crippen LogP contribution in [0.25, 0.3) is 0 Å². The van der Waals surface area contributed by atoms with Gasteiger partial charge < -0.3 is 15.4 Å². The number of carbonyl (C=O) groups excluding carboxylic acids is 3. The summed E-state index contributed by atoms with van der Waals surface area (Å²) in [6, 6.07) is 10.6. The zero-order valence-electron chi connectivity index (χ0n) is 13.4. The molecule has 0 unspecified atom stereocenters. The first-order valence-corrected chi connectivity index (χ1v) is 7.61. The van der Waals surface area contributed by atoms with Crippen molar-refractivity contribution in [3.63, 3.8) is 0 Å². The summed E-state index contributed by atoms with van der Waals surface area (Å²) >= 11 is 0. The van der Waals surface area contributed by atoms with Gasteiger partial charge in [0.1, 0.15) is 5.78 Å². The van der Waals surface area contributed by atoms with Gasteiger partial charge in [-0.15, -0.1) is 0 Å². The molecule has 0 aliphatic carbocycles. The molecular weight excluding hydrogens is 306 g/mol. The van der Waals surface area contributed by atoms with E-state index < -0.39 is 0 Å². The van der Waals surface area contributed by atoms with Crippen LogP contribution in [0.2, 0.25) is 0 Å². The largest absolute Gasteiger partial charge is 0.352 e. The van der Waals surface area contributed by atoms with Crippen molar-refractivity contribution in [2.75, 3.05) is 5.32 Å². The zero-order valence-corrected chi connectivity index (χ0v) is 13.4. The van der Waals surface area contributed by atoms with Gasteiger partial charge in [-0.1, -0.05) is 18.2 Å². The van der Waals surface area contributed by atoms with Crippen molar-refractivity contribution in [1.82, 2.24) is 10.3 Å². The fraction of sp³-hybridized carbons (Fsp3) is 0.222. The lowest BCUT2D eigenvalue weighted by molar-refractivity contribution is -0.124. The Kier molecular flexibility index (Phi) is 6.19. The number of hydrogen-bond acceptors (Lipinski definition) is 4. The third-order valence-electron chi connectivity index (χ3n) is 3.37. The van der Waals surface area contributed by atoms with Crippen molar-refractivity contribution in [2.45, 2.75) is 26.3 Å². The summed E-state index contributed by atoms with van der Waals surface area (Å²) in [4.78, 5) is 38.7. The van der Waals surface area contributed by atoms with Crippen LogP contribution >= 0.6 is 0 Å². The van der Waals surface area contributed by atoms with E-state index >= 15 is 0 Å². The molecule has 6 nitrogen and oxygen atoms in total. The second-order valence-electron chi connectivity index (χ2n) is 5.33. The highest BCUT2D eigenvalue weighted by molar-refractivity contribution is 6.04. The van der Waals surface area contributed by atoms with Gasteiger partial charge in [-0.3, -0.25) is 14.6 Å². The standard InChI is InChI=1S/C18H19N3O3/c1-13(22)8-9-17(23)20-12-14-5-2-3-7-16(14)21-18(24)15-6-4-10-19-11-15/h2-7,10-11H,8-9,12H2,1H3,(H,20,23)(H,21,24). The minimum Gasteiger partial charge on any atom is -0.352 e. The molecule has 0 bridgehead atoms. The Morgan fingerprint density at radius 2 is 1.83 bits per heavy atom. The first-order chi connectivity index (χ1) is 11.6. The number of ketones is 1. The lowest BCUT2D eigenvalue weighted by Gasteiger charge is -2.12. The Morgan fingerprint density at radius 1 is 1.04 bits per heavy atom. The topological polar surface area (TPSA) is 88.2 Å². The number of aromatic nitrogens is 1. The predicted octanol–water partition coefficient (Wildman–Crippen LogP) is 2.32. The van der Waals surface area contributed by atoms with Gasteiger partial charge in [0.05, 0.1) is 5.56 Å². The average molecular weight is 325 g/mol. The van der Waals surface area contributed by atoms with E-state index in [-0.39, 0.29) is 37.0 Å². The predicted molar refractivity (Wildman–Crippen MR) is 90.4 cm³/mol. The first kappa shape index (κ1) is 17.3. The second-order valence-corrected chi connectivity index (χ2v) is 5.33. The Bertz CT molecular complexity index is 729. The van der Waals surface area contributed by atoms with Gasteiger partial charge in [-0.2, -0.15) is 0 Å². The summed E-state index contributed by atoms with van der Waals surface area (Å²) in [6.45, 7) is 1.73. The number of nitrogens with zero attached hydrogens (tertiary/aromatic N) is 1. The number of Topliss-reactive ketones (excluding diaryl/α,β-unsaturated/α-hetero) is 1. The van der Waals surface area contributed by atoms with Crippen molar-refractivity contribution in [3.05, 3.63) is 59.9 Å². The summed E-state index contributed by atoms with van der Waals surface area (Å²) in [7, 11) is 0. The maximum Gasteiger partial charge on any atom is 0.257 e. The van der Waals surface area contributed by atoms with E-state index in [2.05, 4.69) is 15.6 Å². The molecular formula is C18H19N3O3. The molecule has 2 amide bonds. The molecule has 2 N–H and O–H groups in total. The summed E-state index contributed by atoms with van der Waals surface area (Å²) in [5.41, 5.74) is 1.86. The highest BCUT2D eigenvalue weighted by Gasteiger charge is 2.10. The molecule has 0 aliphatic rings.